The highest BCUT2D eigenvalue weighted by Gasteiger charge is 2.43. The van der Waals surface area contributed by atoms with E-state index in [-0.39, 0.29) is 18.1 Å². The number of nitrogens with zero attached hydrogens (tertiary/aromatic N) is 2. The maximum atomic E-state index is 14.7. The fourth-order valence-electron chi connectivity index (χ4n) is 3.11. The molecule has 0 N–H and O–H groups in total. The fourth-order valence-corrected chi connectivity index (χ4v) is 3.11. The van der Waals surface area contributed by atoms with Gasteiger partial charge in [-0.2, -0.15) is 0 Å². The Labute approximate surface area is 164 Å². The molecule has 0 unspecified atom stereocenters. The standard InChI is InChI=1S/C22H26F2N2O2/c1-5-26(4)14-25-21-8-16(3)19(10-20(21)24)22(12-27-13-22)28-11-17-9-18(23)7-6-15(17)2/h6-10,14H,5,11-13H2,1-4H3. The van der Waals surface area contributed by atoms with Crippen LogP contribution in [0.25, 0.3) is 0 Å². The number of hydrogen-bond acceptors (Lipinski definition) is 3. The minimum atomic E-state index is -0.730. The highest BCUT2D eigenvalue weighted by atomic mass is 19.1. The number of rotatable bonds is 7. The van der Waals surface area contributed by atoms with Crippen LogP contribution in [0.15, 0.2) is 35.3 Å². The molecular weight excluding hydrogens is 362 g/mol. The lowest BCUT2D eigenvalue weighted by Gasteiger charge is -2.42. The summed E-state index contributed by atoms with van der Waals surface area (Å²) in [4.78, 5) is 6.10. The van der Waals surface area contributed by atoms with Crippen molar-refractivity contribution in [1.29, 1.82) is 0 Å². The van der Waals surface area contributed by atoms with Crippen molar-refractivity contribution in [1.82, 2.24) is 4.90 Å². The van der Waals surface area contributed by atoms with Gasteiger partial charge in [0.1, 0.15) is 22.9 Å². The number of aryl methyl sites for hydroxylation is 2. The molecule has 0 bridgehead atoms. The first kappa shape index (κ1) is 20.4. The third kappa shape index (κ3) is 4.23. The Morgan fingerprint density at radius 3 is 2.57 bits per heavy atom. The van der Waals surface area contributed by atoms with Crippen molar-refractivity contribution < 1.29 is 18.3 Å². The quantitative estimate of drug-likeness (QED) is 0.512. The molecular formula is C22H26F2N2O2. The Kier molecular flexibility index (Phi) is 6.10. The van der Waals surface area contributed by atoms with E-state index in [0.29, 0.717) is 13.2 Å². The van der Waals surface area contributed by atoms with Gasteiger partial charge >= 0.3 is 0 Å². The Hall–Kier alpha value is -2.31. The molecule has 6 heteroatoms. The molecule has 1 fully saturated rings. The molecule has 1 saturated heterocycles. The Morgan fingerprint density at radius 2 is 1.93 bits per heavy atom. The van der Waals surface area contributed by atoms with Crippen molar-refractivity contribution in [2.75, 3.05) is 26.8 Å². The lowest BCUT2D eigenvalue weighted by atomic mass is 9.87. The SMILES string of the molecule is CCN(C)C=Nc1cc(C)c(C2(OCc3cc(F)ccc3C)COC2)cc1F. The number of hydrogen-bond donors (Lipinski definition) is 0. The minimum Gasteiger partial charge on any atom is -0.375 e. The van der Waals surface area contributed by atoms with Crippen molar-refractivity contribution in [2.45, 2.75) is 33.0 Å². The van der Waals surface area contributed by atoms with Crippen molar-refractivity contribution in [2.24, 2.45) is 4.99 Å². The number of benzene rings is 2. The first-order chi connectivity index (χ1) is 13.3. The van der Waals surface area contributed by atoms with E-state index in [1.54, 1.807) is 18.5 Å². The zero-order valence-corrected chi connectivity index (χ0v) is 16.8. The van der Waals surface area contributed by atoms with Gasteiger partial charge < -0.3 is 14.4 Å². The highest BCUT2D eigenvalue weighted by molar-refractivity contribution is 5.62. The van der Waals surface area contributed by atoms with Crippen molar-refractivity contribution >= 4 is 12.0 Å². The molecule has 4 nitrogen and oxygen atoms in total. The summed E-state index contributed by atoms with van der Waals surface area (Å²) in [5, 5.41) is 0. The van der Waals surface area contributed by atoms with Crippen LogP contribution in [0.2, 0.25) is 0 Å². The van der Waals surface area contributed by atoms with Gasteiger partial charge in [0, 0.05) is 13.6 Å². The van der Waals surface area contributed by atoms with Crippen LogP contribution in [0.5, 0.6) is 0 Å². The topological polar surface area (TPSA) is 34.1 Å². The number of halogens is 2. The van der Waals surface area contributed by atoms with Crippen LogP contribution in [0.3, 0.4) is 0 Å². The number of ether oxygens (including phenoxy) is 2. The van der Waals surface area contributed by atoms with Crippen LogP contribution in [-0.4, -0.2) is 38.0 Å². The molecule has 0 saturated carbocycles. The molecule has 28 heavy (non-hydrogen) atoms. The normalized spacial score (nSPS) is 15.6. The van der Waals surface area contributed by atoms with Crippen LogP contribution in [-0.2, 0) is 21.7 Å². The largest absolute Gasteiger partial charge is 0.375 e. The van der Waals surface area contributed by atoms with E-state index in [9.17, 15) is 8.78 Å². The minimum absolute atomic E-state index is 0.231. The van der Waals surface area contributed by atoms with Crippen LogP contribution in [0, 0.1) is 25.5 Å². The van der Waals surface area contributed by atoms with Crippen LogP contribution in [0.1, 0.15) is 29.2 Å². The molecule has 1 heterocycles. The van der Waals surface area contributed by atoms with E-state index in [4.69, 9.17) is 9.47 Å². The summed E-state index contributed by atoms with van der Waals surface area (Å²) in [7, 11) is 1.88. The van der Waals surface area contributed by atoms with Crippen LogP contribution < -0.4 is 0 Å². The van der Waals surface area contributed by atoms with Crippen molar-refractivity contribution in [3.05, 3.63) is 64.2 Å². The predicted octanol–water partition coefficient (Wildman–Crippen LogP) is 4.64. The van der Waals surface area contributed by atoms with Gasteiger partial charge in [-0.1, -0.05) is 6.07 Å². The van der Waals surface area contributed by atoms with E-state index in [1.165, 1.54) is 18.2 Å². The molecule has 150 valence electrons. The molecule has 0 atom stereocenters. The first-order valence-corrected chi connectivity index (χ1v) is 9.36. The molecule has 1 aliphatic heterocycles. The molecule has 3 rings (SSSR count). The second kappa shape index (κ2) is 8.37. The van der Waals surface area contributed by atoms with Gasteiger partial charge in [0.15, 0.2) is 0 Å². The molecule has 2 aromatic carbocycles. The van der Waals surface area contributed by atoms with Gasteiger partial charge in [-0.05, 0) is 67.3 Å². The summed E-state index contributed by atoms with van der Waals surface area (Å²) in [5.74, 6) is -0.706. The third-order valence-corrected chi connectivity index (χ3v) is 5.16. The summed E-state index contributed by atoms with van der Waals surface area (Å²) in [6.45, 7) is 7.51. The summed E-state index contributed by atoms with van der Waals surface area (Å²) < 4.78 is 39.8. The van der Waals surface area contributed by atoms with E-state index in [2.05, 4.69) is 4.99 Å². The molecule has 2 aromatic rings. The highest BCUT2D eigenvalue weighted by Crippen LogP contribution is 2.39. The molecule has 0 amide bonds. The molecule has 0 aliphatic carbocycles. The Bertz CT molecular complexity index is 879. The van der Waals surface area contributed by atoms with E-state index in [0.717, 1.165) is 28.8 Å². The summed E-state index contributed by atoms with van der Waals surface area (Å²) in [6.07, 6.45) is 1.61. The molecule has 0 spiro atoms. The Balaban J connectivity index is 1.84. The molecule has 0 radical (unpaired) electrons. The number of aliphatic imine (C=N–C) groups is 1. The average molecular weight is 388 g/mol. The predicted molar refractivity (Wildman–Crippen MR) is 106 cm³/mol. The summed E-state index contributed by atoms with van der Waals surface area (Å²) in [5.41, 5.74) is 2.90. The first-order valence-electron chi connectivity index (χ1n) is 9.36. The molecule has 0 aromatic heterocycles. The second-order valence-corrected chi connectivity index (χ2v) is 7.28. The van der Waals surface area contributed by atoms with E-state index in [1.807, 2.05) is 32.7 Å². The summed E-state index contributed by atoms with van der Waals surface area (Å²) >= 11 is 0. The maximum absolute atomic E-state index is 14.7. The van der Waals surface area contributed by atoms with Crippen LogP contribution in [0.4, 0.5) is 14.5 Å². The Morgan fingerprint density at radius 1 is 1.18 bits per heavy atom. The van der Waals surface area contributed by atoms with Gasteiger partial charge in [0.05, 0.1) is 26.2 Å². The van der Waals surface area contributed by atoms with Crippen molar-refractivity contribution in [3.8, 4) is 0 Å². The third-order valence-electron chi connectivity index (χ3n) is 5.16. The monoisotopic (exact) mass is 388 g/mol. The second-order valence-electron chi connectivity index (χ2n) is 7.28. The molecule has 1 aliphatic rings. The smallest absolute Gasteiger partial charge is 0.149 e. The van der Waals surface area contributed by atoms with Gasteiger partial charge in [-0.15, -0.1) is 0 Å². The van der Waals surface area contributed by atoms with Crippen LogP contribution >= 0.6 is 0 Å². The lowest BCUT2D eigenvalue weighted by Crippen LogP contribution is -2.49. The fraction of sp³-hybridized carbons (Fsp3) is 0.409. The van der Waals surface area contributed by atoms with Gasteiger partial charge in [0.25, 0.3) is 0 Å². The van der Waals surface area contributed by atoms with Gasteiger partial charge in [-0.3, -0.25) is 0 Å². The maximum Gasteiger partial charge on any atom is 0.149 e. The zero-order valence-electron chi connectivity index (χ0n) is 16.8. The average Bonchev–Trinajstić information content (AvgIpc) is 2.64. The summed E-state index contributed by atoms with van der Waals surface area (Å²) in [6, 6.07) is 7.83. The van der Waals surface area contributed by atoms with Crippen molar-refractivity contribution in [3.63, 3.8) is 0 Å². The van der Waals surface area contributed by atoms with Gasteiger partial charge in [0.2, 0.25) is 0 Å². The van der Waals surface area contributed by atoms with E-state index >= 15 is 0 Å². The lowest BCUT2D eigenvalue weighted by molar-refractivity contribution is -0.223. The van der Waals surface area contributed by atoms with E-state index < -0.39 is 11.4 Å². The van der Waals surface area contributed by atoms with Gasteiger partial charge in [-0.25, -0.2) is 13.8 Å². The zero-order chi connectivity index (χ0) is 20.3.